The van der Waals surface area contributed by atoms with Gasteiger partial charge in [0.2, 0.25) is 12.3 Å². The van der Waals surface area contributed by atoms with Gasteiger partial charge in [-0.15, -0.1) is 10.2 Å². The lowest BCUT2D eigenvalue weighted by molar-refractivity contribution is 0.556. The summed E-state index contributed by atoms with van der Waals surface area (Å²) in [6, 6.07) is 5.10. The average molecular weight is 220 g/mol. The molecule has 2 rings (SSSR count). The van der Waals surface area contributed by atoms with E-state index in [1.165, 1.54) is 12.5 Å². The fourth-order valence-electron chi connectivity index (χ4n) is 1.62. The Bertz CT molecular complexity index is 466. The molecule has 84 valence electrons. The maximum atomic E-state index is 13.7. The van der Waals surface area contributed by atoms with Gasteiger partial charge in [-0.2, -0.15) is 0 Å². The zero-order valence-electron chi connectivity index (χ0n) is 9.27. The molecule has 0 aliphatic heterocycles. The van der Waals surface area contributed by atoms with E-state index in [4.69, 9.17) is 4.42 Å². The van der Waals surface area contributed by atoms with E-state index in [0.717, 1.165) is 12.0 Å². The second-order valence-corrected chi connectivity index (χ2v) is 4.16. The zero-order chi connectivity index (χ0) is 11.5. The van der Waals surface area contributed by atoms with Gasteiger partial charge in [0.1, 0.15) is 5.82 Å². The highest BCUT2D eigenvalue weighted by Gasteiger charge is 2.10. The summed E-state index contributed by atoms with van der Waals surface area (Å²) in [6.45, 7) is 4.20. The first-order valence-electron chi connectivity index (χ1n) is 5.22. The van der Waals surface area contributed by atoms with Gasteiger partial charge < -0.3 is 4.42 Å². The maximum Gasteiger partial charge on any atom is 0.250 e. The number of rotatable bonds is 3. The fourth-order valence-corrected chi connectivity index (χ4v) is 1.62. The summed E-state index contributed by atoms with van der Waals surface area (Å²) in [5.41, 5.74) is 1.33. The normalized spacial score (nSPS) is 11.0. The van der Waals surface area contributed by atoms with Crippen LogP contribution in [0.25, 0.3) is 11.5 Å². The average Bonchev–Trinajstić information content (AvgIpc) is 2.69. The van der Waals surface area contributed by atoms with Gasteiger partial charge in [0, 0.05) is 0 Å². The Balaban J connectivity index is 2.30. The molecule has 4 heteroatoms. The van der Waals surface area contributed by atoms with Crippen molar-refractivity contribution in [3.8, 4) is 11.5 Å². The highest BCUT2D eigenvalue weighted by molar-refractivity contribution is 5.54. The van der Waals surface area contributed by atoms with Crippen molar-refractivity contribution < 1.29 is 8.81 Å². The molecular weight excluding hydrogens is 207 g/mol. The molecule has 2 aromatic rings. The topological polar surface area (TPSA) is 38.9 Å². The predicted octanol–water partition coefficient (Wildman–Crippen LogP) is 3.07. The van der Waals surface area contributed by atoms with E-state index in [9.17, 15) is 4.39 Å². The molecule has 0 fully saturated rings. The first-order valence-corrected chi connectivity index (χ1v) is 5.22. The SMILES string of the molecule is CC(C)Cc1ccc(-c2nnco2)c(F)c1. The van der Waals surface area contributed by atoms with Crippen molar-refractivity contribution in [2.45, 2.75) is 20.3 Å². The van der Waals surface area contributed by atoms with E-state index in [1.807, 2.05) is 6.07 Å². The third-order valence-electron chi connectivity index (χ3n) is 2.27. The van der Waals surface area contributed by atoms with Gasteiger partial charge in [-0.1, -0.05) is 19.9 Å². The van der Waals surface area contributed by atoms with E-state index in [1.54, 1.807) is 6.07 Å². The third-order valence-corrected chi connectivity index (χ3v) is 2.27. The van der Waals surface area contributed by atoms with Crippen LogP contribution in [0.3, 0.4) is 0 Å². The van der Waals surface area contributed by atoms with Gasteiger partial charge in [-0.25, -0.2) is 4.39 Å². The molecule has 16 heavy (non-hydrogen) atoms. The van der Waals surface area contributed by atoms with Crippen LogP contribution in [0.2, 0.25) is 0 Å². The van der Waals surface area contributed by atoms with Gasteiger partial charge in [-0.05, 0) is 30.0 Å². The minimum Gasteiger partial charge on any atom is -0.423 e. The zero-order valence-corrected chi connectivity index (χ0v) is 9.27. The molecule has 0 aliphatic carbocycles. The van der Waals surface area contributed by atoms with Crippen molar-refractivity contribution >= 4 is 0 Å². The highest BCUT2D eigenvalue weighted by atomic mass is 19.1. The van der Waals surface area contributed by atoms with Crippen LogP contribution in [-0.4, -0.2) is 10.2 Å². The Morgan fingerprint density at radius 1 is 1.38 bits per heavy atom. The number of hydrogen-bond donors (Lipinski definition) is 0. The number of hydrogen-bond acceptors (Lipinski definition) is 3. The maximum absolute atomic E-state index is 13.7. The van der Waals surface area contributed by atoms with Crippen LogP contribution in [0.15, 0.2) is 29.0 Å². The second kappa shape index (κ2) is 4.43. The Morgan fingerprint density at radius 3 is 2.75 bits per heavy atom. The van der Waals surface area contributed by atoms with E-state index >= 15 is 0 Å². The minimum absolute atomic E-state index is 0.216. The van der Waals surface area contributed by atoms with Crippen molar-refractivity contribution in [3.05, 3.63) is 36.0 Å². The van der Waals surface area contributed by atoms with E-state index in [-0.39, 0.29) is 11.7 Å². The first kappa shape index (κ1) is 10.8. The molecule has 0 saturated heterocycles. The van der Waals surface area contributed by atoms with Crippen LogP contribution in [0, 0.1) is 11.7 Å². The summed E-state index contributed by atoms with van der Waals surface area (Å²) in [5.74, 6) is 0.407. The molecule has 0 amide bonds. The molecule has 0 N–H and O–H groups in total. The standard InChI is InChI=1S/C12H13FN2O/c1-8(2)5-9-3-4-10(11(13)6-9)12-15-14-7-16-12/h3-4,6-8H,5H2,1-2H3. The van der Waals surface area contributed by atoms with Crippen molar-refractivity contribution in [1.29, 1.82) is 0 Å². The summed E-state index contributed by atoms with van der Waals surface area (Å²) < 4.78 is 18.7. The van der Waals surface area contributed by atoms with Crippen molar-refractivity contribution in [2.75, 3.05) is 0 Å². The summed E-state index contributed by atoms with van der Waals surface area (Å²) in [4.78, 5) is 0. The summed E-state index contributed by atoms with van der Waals surface area (Å²) >= 11 is 0. The predicted molar refractivity (Wildman–Crippen MR) is 58.2 cm³/mol. The van der Waals surface area contributed by atoms with Gasteiger partial charge >= 0.3 is 0 Å². The molecular formula is C12H13FN2O. The van der Waals surface area contributed by atoms with Crippen molar-refractivity contribution in [3.63, 3.8) is 0 Å². The van der Waals surface area contributed by atoms with Crippen LogP contribution in [0.5, 0.6) is 0 Å². The molecule has 1 heterocycles. The first-order chi connectivity index (χ1) is 7.66. The van der Waals surface area contributed by atoms with Gasteiger partial charge in [0.05, 0.1) is 5.56 Å². The number of nitrogens with zero attached hydrogens (tertiary/aromatic N) is 2. The lowest BCUT2D eigenvalue weighted by Crippen LogP contribution is -1.95. The Morgan fingerprint density at radius 2 is 2.19 bits per heavy atom. The van der Waals surface area contributed by atoms with Crippen LogP contribution in [-0.2, 0) is 6.42 Å². The molecule has 0 spiro atoms. The number of halogens is 1. The summed E-state index contributed by atoms with van der Waals surface area (Å²) in [6.07, 6.45) is 2.05. The van der Waals surface area contributed by atoms with Crippen molar-refractivity contribution in [2.24, 2.45) is 5.92 Å². The quantitative estimate of drug-likeness (QED) is 0.797. The molecule has 0 unspecified atom stereocenters. The minimum atomic E-state index is -0.317. The van der Waals surface area contributed by atoms with Gasteiger partial charge in [-0.3, -0.25) is 0 Å². The summed E-state index contributed by atoms with van der Waals surface area (Å²) in [5, 5.41) is 7.21. The molecule has 0 atom stereocenters. The molecule has 0 radical (unpaired) electrons. The lowest BCUT2D eigenvalue weighted by Gasteiger charge is -2.06. The highest BCUT2D eigenvalue weighted by Crippen LogP contribution is 2.22. The lowest BCUT2D eigenvalue weighted by atomic mass is 10.0. The molecule has 3 nitrogen and oxygen atoms in total. The third kappa shape index (κ3) is 2.27. The van der Waals surface area contributed by atoms with Gasteiger partial charge in [0.15, 0.2) is 0 Å². The van der Waals surface area contributed by atoms with E-state index in [0.29, 0.717) is 11.5 Å². The Kier molecular flexibility index (Phi) is 2.99. The van der Waals surface area contributed by atoms with E-state index < -0.39 is 0 Å². The van der Waals surface area contributed by atoms with E-state index in [2.05, 4.69) is 24.0 Å². The smallest absolute Gasteiger partial charge is 0.250 e. The summed E-state index contributed by atoms with van der Waals surface area (Å²) in [7, 11) is 0. The second-order valence-electron chi connectivity index (χ2n) is 4.16. The Hall–Kier alpha value is -1.71. The van der Waals surface area contributed by atoms with Gasteiger partial charge in [0.25, 0.3) is 0 Å². The molecule has 1 aromatic carbocycles. The Labute approximate surface area is 93.3 Å². The fraction of sp³-hybridized carbons (Fsp3) is 0.333. The molecule has 0 bridgehead atoms. The molecule has 1 aromatic heterocycles. The molecule has 0 aliphatic rings. The monoisotopic (exact) mass is 220 g/mol. The largest absolute Gasteiger partial charge is 0.423 e. The van der Waals surface area contributed by atoms with Crippen molar-refractivity contribution in [1.82, 2.24) is 10.2 Å². The number of aromatic nitrogens is 2. The van der Waals surface area contributed by atoms with Crippen LogP contribution in [0.1, 0.15) is 19.4 Å². The van der Waals surface area contributed by atoms with Crippen LogP contribution in [0.4, 0.5) is 4.39 Å². The number of benzene rings is 1. The van der Waals surface area contributed by atoms with Crippen LogP contribution >= 0.6 is 0 Å². The molecule has 0 saturated carbocycles. The van der Waals surface area contributed by atoms with Crippen LogP contribution < -0.4 is 0 Å².